The minimum Gasteiger partial charge on any atom is -0.494 e. The summed E-state index contributed by atoms with van der Waals surface area (Å²) in [7, 11) is 7.52. The zero-order chi connectivity index (χ0) is 29.4. The van der Waals surface area contributed by atoms with E-state index in [1.54, 1.807) is 31.4 Å². The lowest BCUT2D eigenvalue weighted by atomic mass is 10.1. The van der Waals surface area contributed by atoms with E-state index in [1.807, 2.05) is 73.1 Å². The molecule has 1 amide bonds. The summed E-state index contributed by atoms with van der Waals surface area (Å²) >= 11 is 5.75. The summed E-state index contributed by atoms with van der Waals surface area (Å²) in [6.45, 7) is 0.496. The number of azo groups is 1. The molecule has 11 heteroatoms. The van der Waals surface area contributed by atoms with Gasteiger partial charge in [-0.1, -0.05) is 6.07 Å². The summed E-state index contributed by atoms with van der Waals surface area (Å²) in [6, 6.07) is 20.2. The number of aromatic nitrogens is 2. The normalized spacial score (nSPS) is 12.6. The fraction of sp³-hybridized carbons (Fsp3) is 0.300. The standard InChI is InChI=1S/C30H35ClN8O2/c1-38(2)23-16-14-22(15-17-23)37-36-21-12-10-20(11-13-21)30(40)34-24(7-6-18-33-27(32)19-31)29-35-28-25(39(29)3)8-5-9-26(28)41-4/h5,8-17,24H,6-7,18-19H2,1-4H3,(H2,32,33)(H,34,40)/t24-/m0/s1. The van der Waals surface area contributed by atoms with Gasteiger partial charge in [0, 0.05) is 38.9 Å². The van der Waals surface area contributed by atoms with Gasteiger partial charge in [0.25, 0.3) is 5.91 Å². The fourth-order valence-corrected chi connectivity index (χ4v) is 4.45. The molecular weight excluding hydrogens is 540 g/mol. The molecule has 0 radical (unpaired) electrons. The van der Waals surface area contributed by atoms with E-state index in [1.165, 1.54) is 0 Å². The average molecular weight is 575 g/mol. The van der Waals surface area contributed by atoms with Crippen molar-refractivity contribution in [3.8, 4) is 5.75 Å². The van der Waals surface area contributed by atoms with Crippen LogP contribution in [-0.2, 0) is 7.05 Å². The fourth-order valence-electron chi connectivity index (χ4n) is 4.36. The summed E-state index contributed by atoms with van der Waals surface area (Å²) < 4.78 is 7.49. The Bertz CT molecular complexity index is 1530. The molecule has 1 heterocycles. The molecule has 1 atom stereocenters. The number of fused-ring (bicyclic) bond motifs is 1. The number of carbonyl (C=O) groups excluding carboxylic acids is 1. The van der Waals surface area contributed by atoms with Crippen LogP contribution in [0.1, 0.15) is 35.1 Å². The van der Waals surface area contributed by atoms with Crippen molar-refractivity contribution in [2.75, 3.05) is 38.5 Å². The van der Waals surface area contributed by atoms with Crippen LogP contribution in [0.5, 0.6) is 5.75 Å². The Labute approximate surface area is 244 Å². The first-order chi connectivity index (χ1) is 19.8. The van der Waals surface area contributed by atoms with Crippen molar-refractivity contribution in [3.05, 3.63) is 78.1 Å². The Balaban J connectivity index is 1.51. The van der Waals surface area contributed by atoms with Crippen molar-refractivity contribution in [2.24, 2.45) is 28.0 Å². The molecule has 0 aliphatic heterocycles. The number of carbonyl (C=O) groups is 1. The molecule has 0 saturated heterocycles. The number of methoxy groups -OCH3 is 1. The topological polar surface area (TPSA) is 122 Å². The number of hydrogen-bond donors (Lipinski definition) is 2. The first-order valence-corrected chi connectivity index (χ1v) is 13.8. The molecule has 3 aromatic carbocycles. The quantitative estimate of drug-likeness (QED) is 0.0716. The number of amidine groups is 1. The van der Waals surface area contributed by atoms with Crippen LogP contribution in [0.2, 0.25) is 0 Å². The highest BCUT2D eigenvalue weighted by molar-refractivity contribution is 6.27. The van der Waals surface area contributed by atoms with E-state index >= 15 is 0 Å². The molecule has 214 valence electrons. The van der Waals surface area contributed by atoms with Gasteiger partial charge < -0.3 is 25.3 Å². The second-order valence-corrected chi connectivity index (χ2v) is 9.96. The molecule has 1 aromatic heterocycles. The second-order valence-electron chi connectivity index (χ2n) is 9.69. The van der Waals surface area contributed by atoms with Crippen LogP contribution in [0.3, 0.4) is 0 Å². The van der Waals surface area contributed by atoms with Crippen LogP contribution in [0.4, 0.5) is 17.1 Å². The zero-order valence-corrected chi connectivity index (χ0v) is 24.5. The predicted octanol–water partition coefficient (Wildman–Crippen LogP) is 5.91. The lowest BCUT2D eigenvalue weighted by Gasteiger charge is -2.18. The molecule has 4 rings (SSSR count). The van der Waals surface area contributed by atoms with E-state index in [4.69, 9.17) is 27.1 Å². The molecule has 0 spiro atoms. The number of ether oxygens (including phenoxy) is 1. The number of alkyl halides is 1. The minimum absolute atomic E-state index is 0.184. The maximum Gasteiger partial charge on any atom is 0.251 e. The van der Waals surface area contributed by atoms with E-state index in [0.29, 0.717) is 42.2 Å². The Morgan fingerprint density at radius 2 is 1.73 bits per heavy atom. The first kappa shape index (κ1) is 29.5. The second kappa shape index (κ2) is 13.8. The number of para-hydroxylation sites is 1. The van der Waals surface area contributed by atoms with Gasteiger partial charge in [0.05, 0.1) is 35.9 Å². The van der Waals surface area contributed by atoms with Crippen LogP contribution in [0, 0.1) is 0 Å². The van der Waals surface area contributed by atoms with E-state index in [9.17, 15) is 4.79 Å². The lowest BCUT2D eigenvalue weighted by molar-refractivity contribution is 0.0932. The Hall–Kier alpha value is -4.44. The lowest BCUT2D eigenvalue weighted by Crippen LogP contribution is -2.30. The number of nitrogens with zero attached hydrogens (tertiary/aromatic N) is 6. The third-order valence-corrected chi connectivity index (χ3v) is 6.90. The van der Waals surface area contributed by atoms with Gasteiger partial charge >= 0.3 is 0 Å². The summed E-state index contributed by atoms with van der Waals surface area (Å²) in [6.07, 6.45) is 1.28. The Morgan fingerprint density at radius 1 is 1.07 bits per heavy atom. The number of hydrogen-bond acceptors (Lipinski definition) is 7. The van der Waals surface area contributed by atoms with Gasteiger partial charge in [-0.25, -0.2) is 4.98 Å². The van der Waals surface area contributed by atoms with Gasteiger partial charge in [-0.05, 0) is 73.5 Å². The number of nitrogens with two attached hydrogens (primary N) is 1. The highest BCUT2D eigenvalue weighted by Crippen LogP contribution is 2.29. The van der Waals surface area contributed by atoms with E-state index < -0.39 is 0 Å². The number of aliphatic imine (C=N–C) groups is 1. The first-order valence-electron chi connectivity index (χ1n) is 13.2. The summed E-state index contributed by atoms with van der Waals surface area (Å²) in [5.74, 6) is 1.75. The maximum absolute atomic E-state index is 13.3. The number of nitrogens with one attached hydrogen (secondary N) is 1. The van der Waals surface area contributed by atoms with Crippen LogP contribution < -0.4 is 20.7 Å². The molecule has 3 N–H and O–H groups in total. The smallest absolute Gasteiger partial charge is 0.251 e. The third-order valence-electron chi connectivity index (χ3n) is 6.63. The number of imidazole rings is 1. The Morgan fingerprint density at radius 3 is 2.34 bits per heavy atom. The molecule has 0 aliphatic rings. The van der Waals surface area contributed by atoms with Gasteiger partial charge in [-0.2, -0.15) is 10.2 Å². The van der Waals surface area contributed by atoms with Crippen molar-refractivity contribution in [1.29, 1.82) is 0 Å². The van der Waals surface area contributed by atoms with E-state index in [2.05, 4.69) is 20.5 Å². The summed E-state index contributed by atoms with van der Waals surface area (Å²) in [4.78, 5) is 24.5. The SMILES string of the molecule is COc1cccc2c1nc([C@H](CCCN=C(N)CCl)NC(=O)c1ccc(N=Nc3ccc(N(C)C)cc3)cc1)n2C. The number of rotatable bonds is 12. The minimum atomic E-state index is -0.374. The molecule has 41 heavy (non-hydrogen) atoms. The van der Waals surface area contributed by atoms with Crippen LogP contribution in [0.25, 0.3) is 11.0 Å². The summed E-state index contributed by atoms with van der Waals surface area (Å²) in [5.41, 5.74) is 10.4. The van der Waals surface area contributed by atoms with Gasteiger partial charge in [0.2, 0.25) is 0 Å². The molecule has 0 saturated carbocycles. The largest absolute Gasteiger partial charge is 0.494 e. The van der Waals surface area contributed by atoms with Gasteiger partial charge in [-0.3, -0.25) is 9.79 Å². The van der Waals surface area contributed by atoms with Crippen molar-refractivity contribution in [1.82, 2.24) is 14.9 Å². The van der Waals surface area contributed by atoms with Crippen LogP contribution >= 0.6 is 11.6 Å². The third kappa shape index (κ3) is 7.40. The number of aryl methyl sites for hydroxylation is 1. The zero-order valence-electron chi connectivity index (χ0n) is 23.7. The molecule has 0 bridgehead atoms. The van der Waals surface area contributed by atoms with Gasteiger partial charge in [0.1, 0.15) is 22.9 Å². The molecular formula is C30H35ClN8O2. The summed E-state index contributed by atoms with van der Waals surface area (Å²) in [5, 5.41) is 11.8. The maximum atomic E-state index is 13.3. The van der Waals surface area contributed by atoms with Gasteiger partial charge in [-0.15, -0.1) is 11.6 Å². The molecule has 4 aromatic rings. The average Bonchev–Trinajstić information content (AvgIpc) is 3.34. The molecule has 10 nitrogen and oxygen atoms in total. The van der Waals surface area contributed by atoms with Crippen LogP contribution in [-0.4, -0.2) is 54.9 Å². The highest BCUT2D eigenvalue weighted by atomic mass is 35.5. The van der Waals surface area contributed by atoms with Crippen molar-refractivity contribution < 1.29 is 9.53 Å². The molecule has 0 fully saturated rings. The van der Waals surface area contributed by atoms with Crippen molar-refractivity contribution >= 4 is 51.4 Å². The number of halogens is 1. The number of benzene rings is 3. The monoisotopic (exact) mass is 574 g/mol. The van der Waals surface area contributed by atoms with Crippen molar-refractivity contribution in [2.45, 2.75) is 18.9 Å². The van der Waals surface area contributed by atoms with E-state index in [0.717, 1.165) is 28.2 Å². The van der Waals surface area contributed by atoms with Crippen LogP contribution in [0.15, 0.2) is 82.0 Å². The Kier molecular flexibility index (Phi) is 9.91. The predicted molar refractivity (Wildman–Crippen MR) is 165 cm³/mol. The van der Waals surface area contributed by atoms with E-state index in [-0.39, 0.29) is 17.8 Å². The highest BCUT2D eigenvalue weighted by Gasteiger charge is 2.22. The van der Waals surface area contributed by atoms with Crippen molar-refractivity contribution in [3.63, 3.8) is 0 Å². The number of amides is 1. The molecule has 0 unspecified atom stereocenters. The number of anilines is 1. The molecule has 0 aliphatic carbocycles. The van der Waals surface area contributed by atoms with Gasteiger partial charge in [0.15, 0.2) is 0 Å².